The van der Waals surface area contributed by atoms with Gasteiger partial charge in [0.1, 0.15) is 0 Å². The summed E-state index contributed by atoms with van der Waals surface area (Å²) in [6, 6.07) is 11.6. The zero-order valence-corrected chi connectivity index (χ0v) is 47.0. The summed E-state index contributed by atoms with van der Waals surface area (Å²) >= 11 is 11.9. The molecule has 0 atom stereocenters. The standard InChI is InChI=1S/C16H25BN2O2S.C12H16BClN2O2.C4H10S.CH2O3.2Cs.H/c1-16(2,3)22-15-7-5-6-14(13(15)12-20)18-8-10-19(11-9-18)17(4)21;1-13(18)16-7-5-15(6-8-16)12-4-2-3-11(14)10(12)9-17;1-4(2,3)5;2-1-4-3;;;/h5-7,12,21H,8-11H2,1-4H3;2-4,9,18H,5-8H2,1H3;5H,1-3H3;1,3H;;;/q;;;;2*+1;-1/p-1. The molecule has 4 rings (SSSR count). The third-order valence-corrected chi connectivity index (χ3v) is 8.65. The van der Waals surface area contributed by atoms with Gasteiger partial charge >= 0.3 is 152 Å². The molecular weight excluding hydrogens is 951 g/mol. The van der Waals surface area contributed by atoms with Crippen molar-refractivity contribution in [1.29, 1.82) is 0 Å². The summed E-state index contributed by atoms with van der Waals surface area (Å²) in [5.74, 6) is 0. The Morgan fingerprint density at radius 1 is 0.784 bits per heavy atom. The Balaban J connectivity index is -0.000000722. The molecule has 2 saturated heterocycles. The molecular formula is C33H53B2ClCs2N4O7S2. The molecule has 2 aliphatic rings. The van der Waals surface area contributed by atoms with Crippen molar-refractivity contribution in [3.8, 4) is 0 Å². The van der Waals surface area contributed by atoms with Gasteiger partial charge in [-0.2, -0.15) is 12.6 Å². The summed E-state index contributed by atoms with van der Waals surface area (Å²) in [6.07, 6.45) is 1.78. The van der Waals surface area contributed by atoms with Gasteiger partial charge in [-0.1, -0.05) is 65.3 Å². The van der Waals surface area contributed by atoms with Crippen molar-refractivity contribution >= 4 is 80.5 Å². The zero-order chi connectivity index (χ0) is 37.4. The van der Waals surface area contributed by atoms with Gasteiger partial charge in [-0.3, -0.25) is 14.4 Å². The number of halogens is 1. The number of hydrogen-bond donors (Lipinski definition) is 3. The topological polar surface area (TPSA) is 137 Å². The van der Waals surface area contributed by atoms with E-state index < -0.39 is 14.1 Å². The van der Waals surface area contributed by atoms with Crippen LogP contribution in [0.5, 0.6) is 0 Å². The number of rotatable bonds is 8. The van der Waals surface area contributed by atoms with E-state index in [-0.39, 0.29) is 155 Å². The zero-order valence-electron chi connectivity index (χ0n) is 33.0. The van der Waals surface area contributed by atoms with Crippen LogP contribution in [0.15, 0.2) is 41.3 Å². The summed E-state index contributed by atoms with van der Waals surface area (Å²) in [6.45, 7) is 22.4. The maximum atomic E-state index is 11.7. The van der Waals surface area contributed by atoms with E-state index in [4.69, 9.17) is 21.7 Å². The van der Waals surface area contributed by atoms with Crippen molar-refractivity contribution < 1.29 is 174 Å². The summed E-state index contributed by atoms with van der Waals surface area (Å²) in [5.41, 5.74) is 3.22. The molecule has 2 aliphatic heterocycles. The van der Waals surface area contributed by atoms with Gasteiger partial charge < -0.3 is 41.0 Å². The second-order valence-corrected chi connectivity index (χ2v) is 17.1. The number of benzene rings is 2. The van der Waals surface area contributed by atoms with Crippen LogP contribution in [-0.4, -0.2) is 115 Å². The minimum atomic E-state index is -0.419. The SMILES string of the molecule is CB(O)N1CCN(c2cccc(Cl)c2C=O)CC1.CB(O)N1CCN(c2cccc(SC(C)(C)C)c2C=O)CC1.CC(C)(C)S.O=CO[O-].[Cs+].[Cs+].[H-]. The first kappa shape index (κ1) is 55.0. The van der Waals surface area contributed by atoms with E-state index in [2.05, 4.69) is 68.9 Å². The van der Waals surface area contributed by atoms with Crippen molar-refractivity contribution in [2.45, 2.75) is 69.6 Å². The van der Waals surface area contributed by atoms with E-state index in [1.807, 2.05) is 40.0 Å². The maximum Gasteiger partial charge on any atom is 1.00 e. The smallest absolute Gasteiger partial charge is 1.00 e. The number of hydrogen-bond acceptors (Lipinski definition) is 13. The summed E-state index contributed by atoms with van der Waals surface area (Å²) < 4.78 is 0.265. The predicted molar refractivity (Wildman–Crippen MR) is 207 cm³/mol. The predicted octanol–water partition coefficient (Wildman–Crippen LogP) is -1.72. The van der Waals surface area contributed by atoms with Gasteiger partial charge in [-0.15, -0.1) is 11.8 Å². The third kappa shape index (κ3) is 22.4. The van der Waals surface area contributed by atoms with Gasteiger partial charge in [0.15, 0.2) is 12.6 Å². The Kier molecular flexibility index (Phi) is 30.5. The van der Waals surface area contributed by atoms with E-state index in [0.717, 1.165) is 86.8 Å². The summed E-state index contributed by atoms with van der Waals surface area (Å²) in [4.78, 5) is 43.5. The minimum absolute atomic E-state index is 0. The number of thiol groups is 1. The minimum Gasteiger partial charge on any atom is -1.00 e. The van der Waals surface area contributed by atoms with Crippen molar-refractivity contribution in [3.63, 3.8) is 0 Å². The Labute approximate surface area is 440 Å². The molecule has 2 fully saturated rings. The first-order valence-electron chi connectivity index (χ1n) is 16.2. The third-order valence-electron chi connectivity index (χ3n) is 7.13. The molecule has 0 radical (unpaired) electrons. The van der Waals surface area contributed by atoms with Gasteiger partial charge in [0.05, 0.1) is 16.1 Å². The molecule has 0 amide bonds. The van der Waals surface area contributed by atoms with Gasteiger partial charge in [-0.25, -0.2) is 0 Å². The molecule has 0 saturated carbocycles. The number of carbonyl (C=O) groups excluding carboxylic acids is 3. The average Bonchev–Trinajstić information content (AvgIpc) is 3.03. The molecule has 11 nitrogen and oxygen atoms in total. The van der Waals surface area contributed by atoms with E-state index in [1.165, 1.54) is 0 Å². The van der Waals surface area contributed by atoms with Gasteiger partial charge in [0.2, 0.25) is 0 Å². The fraction of sp³-hybridized carbons (Fsp3) is 0.545. The molecule has 274 valence electrons. The number of thioether (sulfide) groups is 1. The molecule has 2 aromatic rings. The average molecular weight is 1000 g/mol. The molecule has 18 heteroatoms. The monoisotopic (exact) mass is 1000 g/mol. The Morgan fingerprint density at radius 2 is 1.14 bits per heavy atom. The first-order chi connectivity index (χ1) is 22.9. The maximum absolute atomic E-state index is 11.7. The van der Waals surface area contributed by atoms with Crippen LogP contribution in [0.3, 0.4) is 0 Å². The van der Waals surface area contributed by atoms with E-state index in [1.54, 1.807) is 31.5 Å². The number of nitrogens with zero attached hydrogens (tertiary/aromatic N) is 4. The number of piperazine rings is 2. The molecule has 0 aromatic heterocycles. The van der Waals surface area contributed by atoms with Gasteiger partial charge in [-0.05, 0) is 37.9 Å². The van der Waals surface area contributed by atoms with Crippen LogP contribution in [0.1, 0.15) is 63.7 Å². The van der Waals surface area contributed by atoms with Crippen LogP contribution >= 0.6 is 36.0 Å². The number of aldehydes is 2. The van der Waals surface area contributed by atoms with Gasteiger partial charge in [0.25, 0.3) is 6.47 Å². The number of anilines is 2. The molecule has 2 heterocycles. The largest absolute Gasteiger partial charge is 1.00 e. The van der Waals surface area contributed by atoms with E-state index in [0.29, 0.717) is 10.6 Å². The second kappa shape index (κ2) is 28.3. The molecule has 0 spiro atoms. The van der Waals surface area contributed by atoms with Crippen LogP contribution in [0.4, 0.5) is 11.4 Å². The fourth-order valence-corrected chi connectivity index (χ4v) is 6.22. The Bertz CT molecular complexity index is 1310. The molecule has 0 aliphatic carbocycles. The second-order valence-electron chi connectivity index (χ2n) is 13.5. The van der Waals surface area contributed by atoms with Crippen LogP contribution in [0.25, 0.3) is 0 Å². The summed E-state index contributed by atoms with van der Waals surface area (Å²) in [5, 5.41) is 28.1. The normalized spacial score (nSPS) is 14.7. The molecule has 0 unspecified atom stereocenters. The van der Waals surface area contributed by atoms with Crippen LogP contribution in [0.2, 0.25) is 18.7 Å². The van der Waals surface area contributed by atoms with Crippen molar-refractivity contribution in [1.82, 2.24) is 9.62 Å². The fourth-order valence-electron chi connectivity index (χ4n) is 4.94. The van der Waals surface area contributed by atoms with Crippen molar-refractivity contribution in [2.24, 2.45) is 0 Å². The first-order valence-corrected chi connectivity index (χ1v) is 17.8. The molecule has 0 bridgehead atoms. The van der Waals surface area contributed by atoms with Crippen molar-refractivity contribution in [2.75, 3.05) is 62.2 Å². The Morgan fingerprint density at radius 3 is 1.45 bits per heavy atom. The van der Waals surface area contributed by atoms with Crippen molar-refractivity contribution in [3.05, 3.63) is 52.5 Å². The van der Waals surface area contributed by atoms with Crippen LogP contribution in [0, 0.1) is 0 Å². The number of carbonyl (C=O) groups is 3. The van der Waals surface area contributed by atoms with Gasteiger partial charge in [0, 0.05) is 78.1 Å². The molecule has 51 heavy (non-hydrogen) atoms. The van der Waals surface area contributed by atoms with Crippen LogP contribution in [-0.2, 0) is 9.68 Å². The van der Waals surface area contributed by atoms with Crippen LogP contribution < -0.4 is 153 Å². The quantitative estimate of drug-likeness (QED) is 0.0694. The molecule has 2 aromatic carbocycles. The Hall–Kier alpha value is 1.87. The summed E-state index contributed by atoms with van der Waals surface area (Å²) in [7, 11) is -0.826. The van der Waals surface area contributed by atoms with E-state index >= 15 is 0 Å². The van der Waals surface area contributed by atoms with E-state index in [9.17, 15) is 19.6 Å². The molecule has 2 N–H and O–H groups in total.